The van der Waals surface area contributed by atoms with E-state index in [2.05, 4.69) is 22.3 Å². The number of hydrogen-bond donors (Lipinski definition) is 1. The lowest BCUT2D eigenvalue weighted by molar-refractivity contribution is -0.122. The Labute approximate surface area is 143 Å². The molecule has 1 saturated carbocycles. The molecule has 1 amide bonds. The molecule has 2 aromatic rings. The highest BCUT2D eigenvalue weighted by Crippen LogP contribution is 2.27. The molecule has 1 aliphatic carbocycles. The Morgan fingerprint density at radius 1 is 1.04 bits per heavy atom. The second-order valence-electron chi connectivity index (χ2n) is 6.13. The molecule has 0 spiro atoms. The van der Waals surface area contributed by atoms with Gasteiger partial charge in [0, 0.05) is 12.6 Å². The molecule has 0 radical (unpaired) electrons. The predicted octanol–water partition coefficient (Wildman–Crippen LogP) is 2.85. The Morgan fingerprint density at radius 2 is 1.71 bits per heavy atom. The molecule has 0 saturated heterocycles. The van der Waals surface area contributed by atoms with Gasteiger partial charge in [0.1, 0.15) is 12.4 Å². The first-order chi connectivity index (χ1) is 11.8. The quantitative estimate of drug-likeness (QED) is 0.721. The first-order valence-electron chi connectivity index (χ1n) is 8.54. The van der Waals surface area contributed by atoms with E-state index in [1.165, 1.54) is 18.4 Å². The molecular weight excluding hydrogens is 300 g/mol. The highest BCUT2D eigenvalue weighted by atomic mass is 16.5. The maximum absolute atomic E-state index is 12.2. The zero-order valence-electron chi connectivity index (χ0n) is 13.9. The molecule has 0 unspecified atom stereocenters. The topological polar surface area (TPSA) is 41.6 Å². The van der Waals surface area contributed by atoms with Gasteiger partial charge >= 0.3 is 0 Å². The van der Waals surface area contributed by atoms with Crippen molar-refractivity contribution >= 4 is 5.91 Å². The SMILES string of the molecule is O=C(CN(Cc1ccccc1)C1CC1)NCCOc1ccccc1. The molecule has 24 heavy (non-hydrogen) atoms. The first kappa shape index (κ1) is 16.5. The lowest BCUT2D eigenvalue weighted by Crippen LogP contribution is -2.39. The van der Waals surface area contributed by atoms with Crippen LogP contribution in [0.2, 0.25) is 0 Å². The van der Waals surface area contributed by atoms with Crippen LogP contribution in [0.5, 0.6) is 5.75 Å². The van der Waals surface area contributed by atoms with Gasteiger partial charge in [0.2, 0.25) is 5.91 Å². The molecule has 0 bridgehead atoms. The Balaban J connectivity index is 1.39. The zero-order valence-corrected chi connectivity index (χ0v) is 13.9. The van der Waals surface area contributed by atoms with Gasteiger partial charge in [0.05, 0.1) is 13.1 Å². The van der Waals surface area contributed by atoms with Gasteiger partial charge in [-0.15, -0.1) is 0 Å². The summed E-state index contributed by atoms with van der Waals surface area (Å²) >= 11 is 0. The standard InChI is InChI=1S/C20H24N2O2/c23-20(21-13-14-24-19-9-5-2-6-10-19)16-22(18-11-12-18)15-17-7-3-1-4-8-17/h1-10,18H,11-16H2,(H,21,23). The number of nitrogens with one attached hydrogen (secondary N) is 1. The molecule has 1 N–H and O–H groups in total. The minimum atomic E-state index is 0.0643. The van der Waals surface area contributed by atoms with Crippen LogP contribution >= 0.6 is 0 Å². The second kappa shape index (κ2) is 8.50. The number of nitrogens with zero attached hydrogens (tertiary/aromatic N) is 1. The molecule has 1 fully saturated rings. The van der Waals surface area contributed by atoms with Crippen molar-refractivity contribution in [2.45, 2.75) is 25.4 Å². The average Bonchev–Trinajstić information content (AvgIpc) is 3.45. The average molecular weight is 324 g/mol. The predicted molar refractivity (Wildman–Crippen MR) is 94.8 cm³/mol. The molecule has 1 aliphatic rings. The summed E-state index contributed by atoms with van der Waals surface area (Å²) in [5, 5.41) is 2.95. The molecular formula is C20H24N2O2. The fourth-order valence-electron chi connectivity index (χ4n) is 2.69. The van der Waals surface area contributed by atoms with Gasteiger partial charge in [-0.25, -0.2) is 0 Å². The second-order valence-corrected chi connectivity index (χ2v) is 6.13. The van der Waals surface area contributed by atoms with E-state index in [0.717, 1.165) is 12.3 Å². The zero-order chi connectivity index (χ0) is 16.6. The van der Waals surface area contributed by atoms with Crippen LogP contribution in [0.1, 0.15) is 18.4 Å². The van der Waals surface area contributed by atoms with Gasteiger partial charge in [-0.3, -0.25) is 9.69 Å². The maximum Gasteiger partial charge on any atom is 0.234 e. The Bertz CT molecular complexity index is 627. The van der Waals surface area contributed by atoms with Crippen molar-refractivity contribution in [2.75, 3.05) is 19.7 Å². The normalized spacial score (nSPS) is 13.7. The molecule has 4 nitrogen and oxygen atoms in total. The summed E-state index contributed by atoms with van der Waals surface area (Å²) < 4.78 is 5.59. The third-order valence-electron chi connectivity index (χ3n) is 4.07. The largest absolute Gasteiger partial charge is 0.492 e. The maximum atomic E-state index is 12.2. The van der Waals surface area contributed by atoms with Gasteiger partial charge in [0.25, 0.3) is 0 Å². The van der Waals surface area contributed by atoms with Gasteiger partial charge in [0.15, 0.2) is 0 Å². The van der Waals surface area contributed by atoms with Crippen molar-refractivity contribution in [1.82, 2.24) is 10.2 Å². The van der Waals surface area contributed by atoms with Crippen molar-refractivity contribution in [3.05, 3.63) is 66.2 Å². The number of benzene rings is 2. The molecule has 3 rings (SSSR count). The smallest absolute Gasteiger partial charge is 0.234 e. The van der Waals surface area contributed by atoms with Crippen molar-refractivity contribution in [2.24, 2.45) is 0 Å². The molecule has 0 atom stereocenters. The van der Waals surface area contributed by atoms with E-state index in [4.69, 9.17) is 4.74 Å². The fourth-order valence-corrected chi connectivity index (χ4v) is 2.69. The van der Waals surface area contributed by atoms with Crippen LogP contribution in [-0.2, 0) is 11.3 Å². The number of para-hydroxylation sites is 1. The minimum absolute atomic E-state index is 0.0643. The molecule has 0 aromatic heterocycles. The van der Waals surface area contributed by atoms with Gasteiger partial charge in [-0.1, -0.05) is 48.5 Å². The van der Waals surface area contributed by atoms with E-state index in [1.54, 1.807) is 0 Å². The molecule has 0 heterocycles. The highest BCUT2D eigenvalue weighted by Gasteiger charge is 2.30. The third-order valence-corrected chi connectivity index (χ3v) is 4.07. The summed E-state index contributed by atoms with van der Waals surface area (Å²) in [5.74, 6) is 0.893. The summed E-state index contributed by atoms with van der Waals surface area (Å²) in [6.45, 7) is 2.29. The summed E-state index contributed by atoms with van der Waals surface area (Å²) in [6, 6.07) is 20.5. The molecule has 4 heteroatoms. The number of carbonyl (C=O) groups excluding carboxylic acids is 1. The van der Waals surface area contributed by atoms with Crippen molar-refractivity contribution < 1.29 is 9.53 Å². The van der Waals surface area contributed by atoms with E-state index >= 15 is 0 Å². The number of hydrogen-bond acceptors (Lipinski definition) is 3. The van der Waals surface area contributed by atoms with Crippen molar-refractivity contribution in [3.63, 3.8) is 0 Å². The van der Waals surface area contributed by atoms with E-state index in [0.29, 0.717) is 25.7 Å². The van der Waals surface area contributed by atoms with Gasteiger partial charge < -0.3 is 10.1 Å². The summed E-state index contributed by atoms with van der Waals surface area (Å²) in [4.78, 5) is 14.4. The van der Waals surface area contributed by atoms with Gasteiger partial charge in [-0.05, 0) is 30.5 Å². The lowest BCUT2D eigenvalue weighted by atomic mass is 10.2. The van der Waals surface area contributed by atoms with E-state index in [-0.39, 0.29) is 5.91 Å². The number of rotatable bonds is 9. The van der Waals surface area contributed by atoms with E-state index in [1.807, 2.05) is 48.5 Å². The number of carbonyl (C=O) groups is 1. The van der Waals surface area contributed by atoms with Crippen molar-refractivity contribution in [3.8, 4) is 5.75 Å². The monoisotopic (exact) mass is 324 g/mol. The molecule has 0 aliphatic heterocycles. The minimum Gasteiger partial charge on any atom is -0.492 e. The Morgan fingerprint density at radius 3 is 2.38 bits per heavy atom. The Kier molecular flexibility index (Phi) is 5.85. The highest BCUT2D eigenvalue weighted by molar-refractivity contribution is 5.78. The molecule has 126 valence electrons. The van der Waals surface area contributed by atoms with Crippen LogP contribution in [0, 0.1) is 0 Å². The Hall–Kier alpha value is -2.33. The van der Waals surface area contributed by atoms with Crippen LogP contribution in [0.3, 0.4) is 0 Å². The fraction of sp³-hybridized carbons (Fsp3) is 0.350. The van der Waals surface area contributed by atoms with Crippen molar-refractivity contribution in [1.29, 1.82) is 0 Å². The van der Waals surface area contributed by atoms with E-state index < -0.39 is 0 Å². The first-order valence-corrected chi connectivity index (χ1v) is 8.54. The summed E-state index contributed by atoms with van der Waals surface area (Å²) in [6.07, 6.45) is 2.38. The number of amides is 1. The van der Waals surface area contributed by atoms with Crippen LogP contribution in [-0.4, -0.2) is 36.5 Å². The summed E-state index contributed by atoms with van der Waals surface area (Å²) in [7, 11) is 0. The summed E-state index contributed by atoms with van der Waals surface area (Å²) in [5.41, 5.74) is 1.25. The lowest BCUT2D eigenvalue weighted by Gasteiger charge is -2.21. The van der Waals surface area contributed by atoms with Gasteiger partial charge in [-0.2, -0.15) is 0 Å². The van der Waals surface area contributed by atoms with Crippen LogP contribution in [0.4, 0.5) is 0 Å². The number of ether oxygens (including phenoxy) is 1. The van der Waals surface area contributed by atoms with E-state index in [9.17, 15) is 4.79 Å². The third kappa shape index (κ3) is 5.39. The molecule has 2 aromatic carbocycles. The van der Waals surface area contributed by atoms with Crippen LogP contribution in [0.15, 0.2) is 60.7 Å². The van der Waals surface area contributed by atoms with Crippen LogP contribution in [0.25, 0.3) is 0 Å². The van der Waals surface area contributed by atoms with Crippen LogP contribution < -0.4 is 10.1 Å².